The zero-order valence-electron chi connectivity index (χ0n) is 13.9. The predicted molar refractivity (Wildman–Crippen MR) is 87.3 cm³/mol. The van der Waals surface area contributed by atoms with E-state index in [0.29, 0.717) is 11.3 Å². The third-order valence-electron chi connectivity index (χ3n) is 3.92. The molecule has 0 aromatic heterocycles. The molecule has 1 aromatic rings. The van der Waals surface area contributed by atoms with Crippen LogP contribution in [0.1, 0.15) is 38.2 Å². The molecule has 0 N–H and O–H groups in total. The van der Waals surface area contributed by atoms with E-state index < -0.39 is 12.1 Å². The van der Waals surface area contributed by atoms with Crippen molar-refractivity contribution in [2.24, 2.45) is 0 Å². The van der Waals surface area contributed by atoms with Crippen LogP contribution in [0.4, 0.5) is 0 Å². The lowest BCUT2D eigenvalue weighted by molar-refractivity contribution is -0.157. The van der Waals surface area contributed by atoms with Gasteiger partial charge in [0.2, 0.25) is 0 Å². The average Bonchev–Trinajstić information content (AvgIpc) is 2.89. The summed E-state index contributed by atoms with van der Waals surface area (Å²) in [7, 11) is 0. The highest BCUT2D eigenvalue weighted by atomic mass is 16.6. The van der Waals surface area contributed by atoms with Crippen LogP contribution < -0.4 is 4.74 Å². The van der Waals surface area contributed by atoms with Crippen molar-refractivity contribution in [2.75, 3.05) is 19.7 Å². The number of benzene rings is 1. The first kappa shape index (κ1) is 17.8. The van der Waals surface area contributed by atoms with Gasteiger partial charge in [-0.05, 0) is 44.0 Å². The Hall–Kier alpha value is -2.55. The minimum atomic E-state index is -0.824. The SMILES string of the molecule is C[C@@H](Oc1ccc(C#N)cc1)C(=O)OCC(=O)N1CCCCCC1. The van der Waals surface area contributed by atoms with Crippen molar-refractivity contribution < 1.29 is 19.1 Å². The van der Waals surface area contributed by atoms with Gasteiger partial charge in [-0.2, -0.15) is 5.26 Å². The molecular weight excluding hydrogens is 308 g/mol. The Morgan fingerprint density at radius 2 is 1.79 bits per heavy atom. The molecule has 1 aliphatic rings. The molecule has 0 unspecified atom stereocenters. The first-order valence-electron chi connectivity index (χ1n) is 8.21. The van der Waals surface area contributed by atoms with Gasteiger partial charge in [-0.1, -0.05) is 12.8 Å². The summed E-state index contributed by atoms with van der Waals surface area (Å²) in [5.41, 5.74) is 0.514. The zero-order valence-corrected chi connectivity index (χ0v) is 13.9. The van der Waals surface area contributed by atoms with Gasteiger partial charge in [0.15, 0.2) is 12.7 Å². The Labute approximate surface area is 142 Å². The van der Waals surface area contributed by atoms with E-state index in [1.54, 1.807) is 36.1 Å². The van der Waals surface area contributed by atoms with Crippen LogP contribution in [0.2, 0.25) is 0 Å². The summed E-state index contributed by atoms with van der Waals surface area (Å²) in [4.78, 5) is 25.8. The normalized spacial score (nSPS) is 15.8. The molecule has 0 bridgehead atoms. The van der Waals surface area contributed by atoms with Crippen molar-refractivity contribution in [2.45, 2.75) is 38.7 Å². The third kappa shape index (κ3) is 5.27. The molecule has 24 heavy (non-hydrogen) atoms. The number of hydrogen-bond donors (Lipinski definition) is 0. The fourth-order valence-electron chi connectivity index (χ4n) is 2.52. The van der Waals surface area contributed by atoms with Gasteiger partial charge < -0.3 is 14.4 Å². The van der Waals surface area contributed by atoms with Crippen molar-refractivity contribution in [3.63, 3.8) is 0 Å². The molecule has 0 spiro atoms. The summed E-state index contributed by atoms with van der Waals surface area (Å²) in [5, 5.41) is 8.74. The minimum Gasteiger partial charge on any atom is -0.479 e. The second-order valence-electron chi connectivity index (χ2n) is 5.80. The highest BCUT2D eigenvalue weighted by molar-refractivity contribution is 5.82. The van der Waals surface area contributed by atoms with Crippen LogP contribution in [0.15, 0.2) is 24.3 Å². The van der Waals surface area contributed by atoms with E-state index in [1.165, 1.54) is 0 Å². The molecule has 1 heterocycles. The summed E-state index contributed by atoms with van der Waals surface area (Å²) < 4.78 is 10.5. The second kappa shape index (κ2) is 8.92. The third-order valence-corrected chi connectivity index (χ3v) is 3.92. The zero-order chi connectivity index (χ0) is 17.4. The Bertz CT molecular complexity index is 598. The standard InChI is InChI=1S/C18H22N2O4/c1-14(24-16-8-6-15(12-19)7-9-16)18(22)23-13-17(21)20-10-4-2-3-5-11-20/h6-9,14H,2-5,10-11,13H2,1H3/t14-/m1/s1. The summed E-state index contributed by atoms with van der Waals surface area (Å²) in [6.07, 6.45) is 3.45. The van der Waals surface area contributed by atoms with Gasteiger partial charge in [0.1, 0.15) is 5.75 Å². The predicted octanol–water partition coefficient (Wildman–Crippen LogP) is 2.27. The lowest BCUT2D eigenvalue weighted by Crippen LogP contribution is -2.37. The van der Waals surface area contributed by atoms with Crippen LogP contribution in [-0.4, -0.2) is 42.6 Å². The van der Waals surface area contributed by atoms with E-state index in [1.807, 2.05) is 6.07 Å². The fraction of sp³-hybridized carbons (Fsp3) is 0.500. The van der Waals surface area contributed by atoms with Crippen LogP contribution >= 0.6 is 0 Å². The summed E-state index contributed by atoms with van der Waals surface area (Å²) in [6, 6.07) is 8.46. The molecule has 1 amide bonds. The van der Waals surface area contributed by atoms with E-state index in [0.717, 1.165) is 38.8 Å². The maximum atomic E-state index is 12.1. The number of likely N-dealkylation sites (tertiary alicyclic amines) is 1. The van der Waals surface area contributed by atoms with E-state index in [-0.39, 0.29) is 12.5 Å². The number of hydrogen-bond acceptors (Lipinski definition) is 5. The molecule has 1 fully saturated rings. The maximum absolute atomic E-state index is 12.1. The summed E-state index contributed by atoms with van der Waals surface area (Å²) in [5.74, 6) is -0.268. The molecular formula is C18H22N2O4. The van der Waals surface area contributed by atoms with Crippen LogP contribution in [0.25, 0.3) is 0 Å². The number of carbonyl (C=O) groups is 2. The molecule has 128 valence electrons. The van der Waals surface area contributed by atoms with Crippen LogP contribution in [0.3, 0.4) is 0 Å². The largest absolute Gasteiger partial charge is 0.479 e. The second-order valence-corrected chi connectivity index (χ2v) is 5.80. The number of rotatable bonds is 5. The molecule has 1 aliphatic heterocycles. The quantitative estimate of drug-likeness (QED) is 0.774. The van der Waals surface area contributed by atoms with Gasteiger partial charge in [-0.3, -0.25) is 4.79 Å². The van der Waals surface area contributed by atoms with E-state index in [9.17, 15) is 9.59 Å². The fourth-order valence-corrected chi connectivity index (χ4v) is 2.52. The van der Waals surface area contributed by atoms with Crippen molar-refractivity contribution in [1.82, 2.24) is 4.90 Å². The number of carbonyl (C=O) groups excluding carboxylic acids is 2. The van der Waals surface area contributed by atoms with Gasteiger partial charge >= 0.3 is 5.97 Å². The van der Waals surface area contributed by atoms with Crippen LogP contribution in [0, 0.1) is 11.3 Å². The van der Waals surface area contributed by atoms with E-state index in [2.05, 4.69) is 0 Å². The number of amides is 1. The molecule has 6 heteroatoms. The molecule has 0 saturated carbocycles. The van der Waals surface area contributed by atoms with Gasteiger partial charge in [0, 0.05) is 13.1 Å². The first-order valence-corrected chi connectivity index (χ1v) is 8.21. The van der Waals surface area contributed by atoms with Gasteiger partial charge in [0.25, 0.3) is 5.91 Å². The highest BCUT2D eigenvalue weighted by Crippen LogP contribution is 2.14. The molecule has 1 atom stereocenters. The summed E-state index contributed by atoms with van der Waals surface area (Å²) >= 11 is 0. The number of nitrogens with zero attached hydrogens (tertiary/aromatic N) is 2. The molecule has 1 saturated heterocycles. The van der Waals surface area contributed by atoms with E-state index in [4.69, 9.17) is 14.7 Å². The lowest BCUT2D eigenvalue weighted by atomic mass is 10.2. The smallest absolute Gasteiger partial charge is 0.347 e. The first-order chi connectivity index (χ1) is 11.6. The molecule has 1 aromatic carbocycles. The Morgan fingerprint density at radius 1 is 1.17 bits per heavy atom. The van der Waals surface area contributed by atoms with Gasteiger partial charge in [-0.15, -0.1) is 0 Å². The van der Waals surface area contributed by atoms with Crippen molar-refractivity contribution in [3.8, 4) is 11.8 Å². The average molecular weight is 330 g/mol. The number of ether oxygens (including phenoxy) is 2. The Morgan fingerprint density at radius 3 is 2.38 bits per heavy atom. The molecule has 0 aliphatic carbocycles. The van der Waals surface area contributed by atoms with Crippen molar-refractivity contribution in [1.29, 1.82) is 5.26 Å². The summed E-state index contributed by atoms with van der Waals surface area (Å²) in [6.45, 7) is 2.78. The van der Waals surface area contributed by atoms with Gasteiger partial charge in [-0.25, -0.2) is 4.79 Å². The minimum absolute atomic E-state index is 0.157. The molecule has 6 nitrogen and oxygen atoms in total. The number of esters is 1. The van der Waals surface area contributed by atoms with E-state index >= 15 is 0 Å². The molecule has 0 radical (unpaired) electrons. The lowest BCUT2D eigenvalue weighted by Gasteiger charge is -2.20. The Balaban J connectivity index is 1.78. The highest BCUT2D eigenvalue weighted by Gasteiger charge is 2.21. The number of nitriles is 1. The van der Waals surface area contributed by atoms with Crippen LogP contribution in [-0.2, 0) is 14.3 Å². The van der Waals surface area contributed by atoms with Gasteiger partial charge in [0.05, 0.1) is 11.6 Å². The Kier molecular flexibility index (Phi) is 6.62. The van der Waals surface area contributed by atoms with Crippen LogP contribution in [0.5, 0.6) is 5.75 Å². The monoisotopic (exact) mass is 330 g/mol. The van der Waals surface area contributed by atoms with Crippen molar-refractivity contribution in [3.05, 3.63) is 29.8 Å². The molecule has 2 rings (SSSR count). The topological polar surface area (TPSA) is 79.6 Å². The maximum Gasteiger partial charge on any atom is 0.347 e. The van der Waals surface area contributed by atoms with Crippen molar-refractivity contribution >= 4 is 11.9 Å².